The Labute approximate surface area is 192 Å². The van der Waals surface area contributed by atoms with Crippen molar-refractivity contribution in [3.05, 3.63) is 87.4 Å². The number of methoxy groups -OCH3 is 1. The van der Waals surface area contributed by atoms with Crippen LogP contribution in [0.4, 0.5) is 5.69 Å². The van der Waals surface area contributed by atoms with Crippen molar-refractivity contribution in [3.8, 4) is 11.5 Å². The van der Waals surface area contributed by atoms with Gasteiger partial charge in [0.15, 0.2) is 11.5 Å². The highest BCUT2D eigenvalue weighted by Gasteiger charge is 2.23. The van der Waals surface area contributed by atoms with Crippen molar-refractivity contribution in [2.45, 2.75) is 25.9 Å². The summed E-state index contributed by atoms with van der Waals surface area (Å²) in [6, 6.07) is 18.5. The topological polar surface area (TPSA) is 38.8 Å². The number of benzene rings is 3. The fraction of sp³-hybridized carbons (Fsp3) is 0.240. The van der Waals surface area contributed by atoms with E-state index in [0.29, 0.717) is 40.3 Å². The van der Waals surface area contributed by atoms with E-state index in [2.05, 4.69) is 0 Å². The van der Waals surface area contributed by atoms with Gasteiger partial charge in [0.05, 0.1) is 7.11 Å². The molecule has 1 heterocycles. The molecule has 0 bridgehead atoms. The maximum Gasteiger partial charge on any atom is 0.258 e. The molecule has 3 aromatic rings. The van der Waals surface area contributed by atoms with Gasteiger partial charge in [-0.25, -0.2) is 0 Å². The number of ether oxygens (including phenoxy) is 2. The van der Waals surface area contributed by atoms with Gasteiger partial charge in [-0.2, -0.15) is 0 Å². The average molecular weight is 456 g/mol. The van der Waals surface area contributed by atoms with Crippen LogP contribution < -0.4 is 14.4 Å². The Bertz CT molecular complexity index is 1100. The maximum absolute atomic E-state index is 13.4. The summed E-state index contributed by atoms with van der Waals surface area (Å²) in [7, 11) is 1.56. The number of halogens is 2. The van der Waals surface area contributed by atoms with Crippen molar-refractivity contribution in [1.82, 2.24) is 0 Å². The number of carbonyl (C=O) groups is 1. The van der Waals surface area contributed by atoms with Crippen LogP contribution >= 0.6 is 23.2 Å². The molecule has 0 saturated heterocycles. The van der Waals surface area contributed by atoms with Crippen molar-refractivity contribution in [1.29, 1.82) is 0 Å². The lowest BCUT2D eigenvalue weighted by atomic mass is 10.1. The summed E-state index contributed by atoms with van der Waals surface area (Å²) >= 11 is 12.4. The van der Waals surface area contributed by atoms with Gasteiger partial charge < -0.3 is 14.4 Å². The summed E-state index contributed by atoms with van der Waals surface area (Å²) in [6.45, 7) is 0.976. The van der Waals surface area contributed by atoms with Crippen LogP contribution in [0, 0.1) is 0 Å². The molecule has 1 aliphatic heterocycles. The Hall–Kier alpha value is -2.69. The Morgan fingerprint density at radius 3 is 2.65 bits per heavy atom. The fourth-order valence-corrected chi connectivity index (χ4v) is 4.17. The fourth-order valence-electron chi connectivity index (χ4n) is 3.78. The lowest BCUT2D eigenvalue weighted by Crippen LogP contribution is -2.31. The predicted octanol–water partition coefficient (Wildman–Crippen LogP) is 6.56. The first-order chi connectivity index (χ1) is 15.1. The minimum Gasteiger partial charge on any atom is -0.493 e. The second-order valence-electron chi connectivity index (χ2n) is 7.43. The number of anilines is 1. The molecular formula is C25H23Cl2NO3. The molecule has 0 atom stereocenters. The van der Waals surface area contributed by atoms with Gasteiger partial charge in [-0.15, -0.1) is 0 Å². The van der Waals surface area contributed by atoms with E-state index in [1.54, 1.807) is 25.3 Å². The Kier molecular flexibility index (Phi) is 6.69. The second kappa shape index (κ2) is 9.63. The molecule has 0 saturated carbocycles. The summed E-state index contributed by atoms with van der Waals surface area (Å²) in [6.07, 6.45) is 2.88. The third-order valence-electron chi connectivity index (χ3n) is 5.41. The molecule has 6 heteroatoms. The highest BCUT2D eigenvalue weighted by atomic mass is 35.5. The van der Waals surface area contributed by atoms with E-state index < -0.39 is 0 Å². The van der Waals surface area contributed by atoms with Gasteiger partial charge >= 0.3 is 0 Å². The van der Waals surface area contributed by atoms with Crippen LogP contribution in [0.25, 0.3) is 0 Å². The first-order valence-electron chi connectivity index (χ1n) is 10.2. The average Bonchev–Trinajstić information content (AvgIpc) is 3.00. The molecule has 0 aromatic heterocycles. The molecule has 4 nitrogen and oxygen atoms in total. The summed E-state index contributed by atoms with van der Waals surface area (Å²) in [5.74, 6) is 0.993. The molecule has 160 valence electrons. The third-order valence-corrected chi connectivity index (χ3v) is 6.01. The van der Waals surface area contributed by atoms with Gasteiger partial charge in [0.2, 0.25) is 0 Å². The maximum atomic E-state index is 13.4. The van der Waals surface area contributed by atoms with Crippen LogP contribution in [0.15, 0.2) is 60.7 Å². The first-order valence-corrected chi connectivity index (χ1v) is 11.0. The minimum atomic E-state index is -0.0681. The Balaban J connectivity index is 1.57. The van der Waals surface area contributed by atoms with Gasteiger partial charge in [-0.1, -0.05) is 41.4 Å². The van der Waals surface area contributed by atoms with Crippen molar-refractivity contribution in [2.24, 2.45) is 0 Å². The largest absolute Gasteiger partial charge is 0.493 e. The molecule has 1 amide bonds. The van der Waals surface area contributed by atoms with Crippen LogP contribution in [0.3, 0.4) is 0 Å². The van der Waals surface area contributed by atoms with Crippen molar-refractivity contribution in [3.63, 3.8) is 0 Å². The van der Waals surface area contributed by atoms with E-state index in [4.69, 9.17) is 32.7 Å². The van der Waals surface area contributed by atoms with E-state index in [0.717, 1.165) is 36.1 Å². The van der Waals surface area contributed by atoms with Crippen LogP contribution in [0.1, 0.15) is 34.3 Å². The van der Waals surface area contributed by atoms with Crippen molar-refractivity contribution in [2.75, 3.05) is 18.6 Å². The summed E-state index contributed by atoms with van der Waals surface area (Å²) < 4.78 is 11.4. The van der Waals surface area contributed by atoms with Crippen LogP contribution in [0.5, 0.6) is 11.5 Å². The van der Waals surface area contributed by atoms with E-state index in [9.17, 15) is 4.79 Å². The predicted molar refractivity (Wildman–Crippen MR) is 125 cm³/mol. The first kappa shape index (κ1) is 21.5. The Morgan fingerprint density at radius 1 is 1.00 bits per heavy atom. The lowest BCUT2D eigenvalue weighted by molar-refractivity contribution is 0.0986. The van der Waals surface area contributed by atoms with Crippen molar-refractivity contribution >= 4 is 34.8 Å². The number of hydrogen-bond acceptors (Lipinski definition) is 3. The zero-order valence-electron chi connectivity index (χ0n) is 17.2. The van der Waals surface area contributed by atoms with E-state index in [-0.39, 0.29) is 5.91 Å². The Morgan fingerprint density at radius 2 is 1.84 bits per heavy atom. The normalized spacial score (nSPS) is 13.3. The zero-order valence-corrected chi connectivity index (χ0v) is 18.7. The number of carbonyl (C=O) groups excluding carboxylic acids is 1. The molecule has 31 heavy (non-hydrogen) atoms. The second-order valence-corrected chi connectivity index (χ2v) is 8.28. The van der Waals surface area contributed by atoms with Gasteiger partial charge in [0, 0.05) is 33.4 Å². The highest BCUT2D eigenvalue weighted by Crippen LogP contribution is 2.33. The zero-order chi connectivity index (χ0) is 21.8. The van der Waals surface area contributed by atoms with Crippen LogP contribution in [0.2, 0.25) is 10.0 Å². The summed E-state index contributed by atoms with van der Waals surface area (Å²) in [5, 5.41) is 1.34. The highest BCUT2D eigenvalue weighted by molar-refractivity contribution is 6.31. The quantitative estimate of drug-likeness (QED) is 0.436. The number of fused-ring (bicyclic) bond motifs is 1. The van der Waals surface area contributed by atoms with Gasteiger partial charge in [-0.05, 0) is 67.3 Å². The number of amides is 1. The molecule has 0 aliphatic carbocycles. The number of rotatable bonds is 5. The SMILES string of the molecule is COc1cc(C(=O)N2CCCCc3cc(Cl)ccc32)ccc1OCc1ccccc1Cl. The molecule has 0 unspecified atom stereocenters. The minimum absolute atomic E-state index is 0.0681. The summed E-state index contributed by atoms with van der Waals surface area (Å²) in [5.41, 5.74) is 3.45. The number of nitrogens with zero attached hydrogens (tertiary/aromatic N) is 1. The van der Waals surface area contributed by atoms with Gasteiger partial charge in [0.25, 0.3) is 5.91 Å². The van der Waals surface area contributed by atoms with Crippen LogP contribution in [-0.2, 0) is 13.0 Å². The van der Waals surface area contributed by atoms with Crippen LogP contribution in [-0.4, -0.2) is 19.6 Å². The molecule has 0 radical (unpaired) electrons. The van der Waals surface area contributed by atoms with E-state index in [1.807, 2.05) is 47.4 Å². The lowest BCUT2D eigenvalue weighted by Gasteiger charge is -2.23. The van der Waals surface area contributed by atoms with Crippen molar-refractivity contribution < 1.29 is 14.3 Å². The molecular weight excluding hydrogens is 433 g/mol. The van der Waals surface area contributed by atoms with Gasteiger partial charge in [0.1, 0.15) is 6.61 Å². The third kappa shape index (κ3) is 4.81. The van der Waals surface area contributed by atoms with E-state index >= 15 is 0 Å². The van der Waals surface area contributed by atoms with Gasteiger partial charge in [-0.3, -0.25) is 4.79 Å². The smallest absolute Gasteiger partial charge is 0.258 e. The van der Waals surface area contributed by atoms with E-state index in [1.165, 1.54) is 0 Å². The molecule has 3 aromatic carbocycles. The standard InChI is InChI=1S/C25H23Cl2NO3/c1-30-24-15-18(9-12-23(24)31-16-19-7-2-3-8-21(19)27)25(29)28-13-5-4-6-17-14-20(26)10-11-22(17)28/h2-3,7-12,14-15H,4-6,13,16H2,1H3. The molecule has 0 N–H and O–H groups in total. The summed E-state index contributed by atoms with van der Waals surface area (Å²) in [4.78, 5) is 15.2. The molecule has 0 spiro atoms. The number of aryl methyl sites for hydroxylation is 1. The number of hydrogen-bond donors (Lipinski definition) is 0. The monoisotopic (exact) mass is 455 g/mol. The molecule has 4 rings (SSSR count). The molecule has 1 aliphatic rings. The molecule has 0 fully saturated rings.